The average molecular weight is 273 g/mol. The topological polar surface area (TPSA) is 85.8 Å². The van der Waals surface area contributed by atoms with Crippen LogP contribution in [0.2, 0.25) is 0 Å². The summed E-state index contributed by atoms with van der Waals surface area (Å²) in [5.41, 5.74) is 8.52. The van der Waals surface area contributed by atoms with Crippen molar-refractivity contribution in [1.82, 2.24) is 20.3 Å². The van der Waals surface area contributed by atoms with Crippen molar-refractivity contribution in [3.8, 4) is 0 Å². The Hall–Kier alpha value is -2.21. The molecule has 0 spiro atoms. The van der Waals surface area contributed by atoms with Crippen LogP contribution in [0, 0.1) is 6.92 Å². The smallest absolute Gasteiger partial charge is 0.242 e. The van der Waals surface area contributed by atoms with E-state index in [0.717, 1.165) is 11.3 Å². The van der Waals surface area contributed by atoms with E-state index in [1.165, 1.54) is 10.2 Å². The molecule has 0 saturated heterocycles. The first-order valence-corrected chi connectivity index (χ1v) is 6.58. The van der Waals surface area contributed by atoms with Crippen molar-refractivity contribution < 1.29 is 4.79 Å². The second kappa shape index (κ2) is 6.81. The Morgan fingerprint density at radius 2 is 2.10 bits per heavy atom. The molecule has 0 radical (unpaired) electrons. The summed E-state index contributed by atoms with van der Waals surface area (Å²) < 4.78 is 1.52. The Morgan fingerprint density at radius 1 is 1.35 bits per heavy atom. The minimum absolute atomic E-state index is 0.0882. The van der Waals surface area contributed by atoms with Crippen LogP contribution in [-0.2, 0) is 24.3 Å². The van der Waals surface area contributed by atoms with Gasteiger partial charge in [0, 0.05) is 19.2 Å². The first-order chi connectivity index (χ1) is 9.67. The molecule has 6 nitrogen and oxygen atoms in total. The number of nitrogens with zero attached hydrogens (tertiary/aromatic N) is 3. The first-order valence-electron chi connectivity index (χ1n) is 6.58. The summed E-state index contributed by atoms with van der Waals surface area (Å²) >= 11 is 0. The molecule has 0 unspecified atom stereocenters. The molecule has 20 heavy (non-hydrogen) atoms. The number of amides is 1. The van der Waals surface area contributed by atoms with Gasteiger partial charge < -0.3 is 11.1 Å². The van der Waals surface area contributed by atoms with Crippen LogP contribution in [0.3, 0.4) is 0 Å². The summed E-state index contributed by atoms with van der Waals surface area (Å²) in [4.78, 5) is 11.8. The van der Waals surface area contributed by atoms with Crippen LogP contribution in [0.5, 0.6) is 0 Å². The van der Waals surface area contributed by atoms with E-state index in [0.29, 0.717) is 19.5 Å². The number of aromatic nitrogens is 3. The summed E-state index contributed by atoms with van der Waals surface area (Å²) in [5.74, 6) is -0.0882. The van der Waals surface area contributed by atoms with Crippen molar-refractivity contribution in [3.63, 3.8) is 0 Å². The lowest BCUT2D eigenvalue weighted by Gasteiger charge is -2.05. The number of aryl methyl sites for hydroxylation is 1. The number of rotatable bonds is 6. The van der Waals surface area contributed by atoms with Crippen LogP contribution in [0.4, 0.5) is 0 Å². The van der Waals surface area contributed by atoms with Gasteiger partial charge in [-0.25, -0.2) is 4.68 Å². The number of nitrogens with two attached hydrogens (primary N) is 1. The fourth-order valence-corrected chi connectivity index (χ4v) is 1.79. The van der Waals surface area contributed by atoms with E-state index in [1.54, 1.807) is 6.20 Å². The van der Waals surface area contributed by atoms with Gasteiger partial charge in [0.25, 0.3) is 0 Å². The second-order valence-corrected chi connectivity index (χ2v) is 4.71. The van der Waals surface area contributed by atoms with Gasteiger partial charge in [-0.05, 0) is 19.0 Å². The summed E-state index contributed by atoms with van der Waals surface area (Å²) in [7, 11) is 0. The zero-order chi connectivity index (χ0) is 14.4. The van der Waals surface area contributed by atoms with Crippen LogP contribution in [0.1, 0.15) is 16.8 Å². The highest BCUT2D eigenvalue weighted by molar-refractivity contribution is 5.75. The molecule has 106 valence electrons. The van der Waals surface area contributed by atoms with Crippen LogP contribution in [0.25, 0.3) is 0 Å². The minimum atomic E-state index is -0.0882. The van der Waals surface area contributed by atoms with E-state index in [2.05, 4.69) is 15.6 Å². The van der Waals surface area contributed by atoms with Crippen molar-refractivity contribution in [2.24, 2.45) is 5.73 Å². The maximum atomic E-state index is 11.8. The number of hydrogen-bond donors (Lipinski definition) is 2. The summed E-state index contributed by atoms with van der Waals surface area (Å²) in [6, 6.07) is 8.06. The Kier molecular flexibility index (Phi) is 4.84. The number of benzene rings is 1. The first kappa shape index (κ1) is 14.2. The summed E-state index contributed by atoms with van der Waals surface area (Å²) in [6.07, 6.45) is 2.42. The molecule has 0 aliphatic carbocycles. The maximum absolute atomic E-state index is 11.8. The molecule has 3 N–H and O–H groups in total. The van der Waals surface area contributed by atoms with E-state index < -0.39 is 0 Å². The van der Waals surface area contributed by atoms with Gasteiger partial charge in [0.15, 0.2) is 0 Å². The van der Waals surface area contributed by atoms with Crippen LogP contribution in [-0.4, -0.2) is 27.4 Å². The Bertz CT molecular complexity index is 561. The zero-order valence-corrected chi connectivity index (χ0v) is 11.5. The second-order valence-electron chi connectivity index (χ2n) is 4.71. The van der Waals surface area contributed by atoms with Crippen molar-refractivity contribution in [2.45, 2.75) is 26.4 Å². The lowest BCUT2D eigenvalue weighted by atomic mass is 10.1. The van der Waals surface area contributed by atoms with Crippen molar-refractivity contribution in [1.29, 1.82) is 0 Å². The molecule has 0 saturated carbocycles. The zero-order valence-electron chi connectivity index (χ0n) is 11.5. The van der Waals surface area contributed by atoms with Gasteiger partial charge >= 0.3 is 0 Å². The van der Waals surface area contributed by atoms with Crippen molar-refractivity contribution in [3.05, 3.63) is 47.3 Å². The maximum Gasteiger partial charge on any atom is 0.242 e. The molecule has 0 bridgehead atoms. The molecule has 1 aromatic heterocycles. The van der Waals surface area contributed by atoms with E-state index in [-0.39, 0.29) is 12.5 Å². The molecule has 0 fully saturated rings. The van der Waals surface area contributed by atoms with Gasteiger partial charge in [-0.15, -0.1) is 5.10 Å². The lowest BCUT2D eigenvalue weighted by Crippen LogP contribution is -2.27. The highest BCUT2D eigenvalue weighted by Crippen LogP contribution is 2.02. The van der Waals surface area contributed by atoms with Crippen LogP contribution in [0.15, 0.2) is 30.5 Å². The van der Waals surface area contributed by atoms with Gasteiger partial charge in [-0.2, -0.15) is 0 Å². The third-order valence-corrected chi connectivity index (χ3v) is 2.90. The molecule has 0 atom stereocenters. The molecule has 2 rings (SSSR count). The molecule has 0 aliphatic heterocycles. The molecular weight excluding hydrogens is 254 g/mol. The highest BCUT2D eigenvalue weighted by atomic mass is 16.2. The predicted molar refractivity (Wildman–Crippen MR) is 75.8 cm³/mol. The van der Waals surface area contributed by atoms with Crippen LogP contribution < -0.4 is 11.1 Å². The van der Waals surface area contributed by atoms with E-state index in [1.807, 2.05) is 31.2 Å². The van der Waals surface area contributed by atoms with Crippen molar-refractivity contribution in [2.75, 3.05) is 6.54 Å². The molecular formula is C14H19N5O. The SMILES string of the molecule is Cc1ccc(CNC(=O)Cn2cc(CCN)nn2)cc1. The van der Waals surface area contributed by atoms with Gasteiger partial charge in [0.2, 0.25) is 5.91 Å². The Morgan fingerprint density at radius 3 is 2.80 bits per heavy atom. The number of hydrogen-bond acceptors (Lipinski definition) is 4. The third-order valence-electron chi connectivity index (χ3n) is 2.90. The lowest BCUT2D eigenvalue weighted by molar-refractivity contribution is -0.122. The number of nitrogens with one attached hydrogen (secondary N) is 1. The predicted octanol–water partition coefficient (Wildman–Crippen LogP) is 0.404. The van der Waals surface area contributed by atoms with Crippen LogP contribution >= 0.6 is 0 Å². The summed E-state index contributed by atoms with van der Waals surface area (Å²) in [5, 5.41) is 10.7. The van der Waals surface area contributed by atoms with Gasteiger partial charge in [0.05, 0.1) is 5.69 Å². The molecule has 0 aliphatic rings. The quantitative estimate of drug-likeness (QED) is 0.798. The number of carbonyl (C=O) groups excluding carboxylic acids is 1. The molecule has 6 heteroatoms. The van der Waals surface area contributed by atoms with Gasteiger partial charge in [-0.3, -0.25) is 4.79 Å². The molecule has 1 amide bonds. The molecule has 1 aromatic carbocycles. The normalized spacial score (nSPS) is 10.5. The van der Waals surface area contributed by atoms with E-state index in [9.17, 15) is 4.79 Å². The van der Waals surface area contributed by atoms with Crippen molar-refractivity contribution >= 4 is 5.91 Å². The van der Waals surface area contributed by atoms with E-state index in [4.69, 9.17) is 5.73 Å². The Balaban J connectivity index is 1.81. The Labute approximate surface area is 118 Å². The number of carbonyl (C=O) groups is 1. The monoisotopic (exact) mass is 273 g/mol. The average Bonchev–Trinajstić information content (AvgIpc) is 2.86. The van der Waals surface area contributed by atoms with E-state index >= 15 is 0 Å². The summed E-state index contributed by atoms with van der Waals surface area (Å²) in [6.45, 7) is 3.25. The molecule has 1 heterocycles. The fourth-order valence-electron chi connectivity index (χ4n) is 1.79. The standard InChI is InChI=1S/C14H19N5O/c1-11-2-4-12(5-3-11)8-16-14(20)10-19-9-13(6-7-15)17-18-19/h2-5,9H,6-8,10,15H2,1H3,(H,16,20). The van der Waals surface area contributed by atoms with Gasteiger partial charge in [-0.1, -0.05) is 35.0 Å². The van der Waals surface area contributed by atoms with Gasteiger partial charge in [0.1, 0.15) is 6.54 Å². The third kappa shape index (κ3) is 4.17. The highest BCUT2D eigenvalue weighted by Gasteiger charge is 2.05. The minimum Gasteiger partial charge on any atom is -0.350 e. The largest absolute Gasteiger partial charge is 0.350 e. The molecule has 2 aromatic rings. The fraction of sp³-hybridized carbons (Fsp3) is 0.357.